The number of nitro benzene ring substituents is 1. The van der Waals surface area contributed by atoms with Gasteiger partial charge < -0.3 is 10.2 Å². The topological polar surface area (TPSA) is 78.7 Å². The zero-order valence-corrected chi connectivity index (χ0v) is 17.8. The number of hydrogen-bond donors (Lipinski definition) is 1. The van der Waals surface area contributed by atoms with Crippen LogP contribution in [0.25, 0.3) is 0 Å². The molecule has 160 valence electrons. The van der Waals surface area contributed by atoms with Crippen LogP contribution in [0.2, 0.25) is 0 Å². The van der Waals surface area contributed by atoms with E-state index in [1.54, 1.807) is 6.07 Å². The minimum absolute atomic E-state index is 0.0648. The van der Waals surface area contributed by atoms with Crippen LogP contribution in [-0.4, -0.2) is 41.9 Å². The third-order valence-electron chi connectivity index (χ3n) is 5.73. The zero-order chi connectivity index (χ0) is 21.5. The molecular weight excluding hydrogens is 380 g/mol. The summed E-state index contributed by atoms with van der Waals surface area (Å²) in [5.41, 5.74) is 3.32. The van der Waals surface area contributed by atoms with Crippen LogP contribution in [0.15, 0.2) is 42.5 Å². The first kappa shape index (κ1) is 21.8. The van der Waals surface area contributed by atoms with Crippen molar-refractivity contribution < 1.29 is 9.72 Å². The second-order valence-electron chi connectivity index (χ2n) is 7.57. The monoisotopic (exact) mass is 410 g/mol. The molecule has 2 aromatic rings. The summed E-state index contributed by atoms with van der Waals surface area (Å²) in [6, 6.07) is 12.7. The van der Waals surface area contributed by atoms with Crippen molar-refractivity contribution in [3.63, 3.8) is 0 Å². The van der Waals surface area contributed by atoms with E-state index in [-0.39, 0.29) is 11.6 Å². The van der Waals surface area contributed by atoms with Crippen LogP contribution in [-0.2, 0) is 13.1 Å². The van der Waals surface area contributed by atoms with Gasteiger partial charge in [0.05, 0.1) is 16.2 Å². The number of nitrogens with zero attached hydrogens (tertiary/aromatic N) is 3. The standard InChI is InChI=1S/C23H30N4O3/c1-3-25(4-2)17-19-10-6-5-9-18(19)16-24-23(28)21-15-20(27(29)30)11-12-22(21)26-13-7-8-14-26/h5-6,9-12,15H,3-4,7-8,13-14,16-17H2,1-2H3,(H,24,28). The highest BCUT2D eigenvalue weighted by Gasteiger charge is 2.22. The van der Waals surface area contributed by atoms with Gasteiger partial charge in [0, 0.05) is 38.3 Å². The van der Waals surface area contributed by atoms with Crippen LogP contribution in [0, 0.1) is 10.1 Å². The Morgan fingerprint density at radius 1 is 1.10 bits per heavy atom. The second kappa shape index (κ2) is 10.2. The number of nitro groups is 1. The number of hydrogen-bond acceptors (Lipinski definition) is 5. The maximum absolute atomic E-state index is 13.0. The molecule has 0 aromatic heterocycles. The van der Waals surface area contributed by atoms with Crippen molar-refractivity contribution in [2.45, 2.75) is 39.8 Å². The molecule has 1 aliphatic heterocycles. The number of carbonyl (C=O) groups is 1. The van der Waals surface area contributed by atoms with Crippen molar-refractivity contribution in [2.75, 3.05) is 31.1 Å². The van der Waals surface area contributed by atoms with E-state index in [2.05, 4.69) is 35.0 Å². The fraction of sp³-hybridized carbons (Fsp3) is 0.435. The number of benzene rings is 2. The van der Waals surface area contributed by atoms with Gasteiger partial charge in [0.2, 0.25) is 0 Å². The Morgan fingerprint density at radius 3 is 2.40 bits per heavy atom. The van der Waals surface area contributed by atoms with Gasteiger partial charge in [-0.1, -0.05) is 38.1 Å². The Balaban J connectivity index is 1.79. The van der Waals surface area contributed by atoms with E-state index >= 15 is 0 Å². The van der Waals surface area contributed by atoms with E-state index < -0.39 is 4.92 Å². The lowest BCUT2D eigenvalue weighted by molar-refractivity contribution is -0.384. The highest BCUT2D eigenvalue weighted by molar-refractivity contribution is 6.00. The molecule has 0 unspecified atom stereocenters. The van der Waals surface area contributed by atoms with Gasteiger partial charge in [0.25, 0.3) is 11.6 Å². The van der Waals surface area contributed by atoms with Gasteiger partial charge in [-0.2, -0.15) is 0 Å². The Labute approximate surface area is 177 Å². The first-order valence-electron chi connectivity index (χ1n) is 10.6. The van der Waals surface area contributed by atoms with Crippen LogP contribution in [0.3, 0.4) is 0 Å². The number of rotatable bonds is 9. The molecule has 0 radical (unpaired) electrons. The van der Waals surface area contributed by atoms with Crippen molar-refractivity contribution in [2.24, 2.45) is 0 Å². The summed E-state index contributed by atoms with van der Waals surface area (Å²) in [5.74, 6) is -0.279. The summed E-state index contributed by atoms with van der Waals surface area (Å²) >= 11 is 0. The van der Waals surface area contributed by atoms with Crippen molar-refractivity contribution in [1.29, 1.82) is 0 Å². The summed E-state index contributed by atoms with van der Waals surface area (Å²) in [6.07, 6.45) is 2.13. The van der Waals surface area contributed by atoms with E-state index in [0.717, 1.165) is 56.8 Å². The Hall–Kier alpha value is -2.93. The molecule has 0 atom stereocenters. The molecule has 7 heteroatoms. The van der Waals surface area contributed by atoms with Crippen LogP contribution in [0.1, 0.15) is 48.2 Å². The summed E-state index contributed by atoms with van der Waals surface area (Å²) in [5, 5.41) is 14.2. The zero-order valence-electron chi connectivity index (χ0n) is 17.8. The summed E-state index contributed by atoms with van der Waals surface area (Å²) in [6.45, 7) is 9.14. The van der Waals surface area contributed by atoms with E-state index in [9.17, 15) is 14.9 Å². The predicted molar refractivity (Wildman–Crippen MR) is 119 cm³/mol. The molecule has 1 aliphatic rings. The Kier molecular flexibility index (Phi) is 7.41. The van der Waals surface area contributed by atoms with Gasteiger partial charge >= 0.3 is 0 Å². The molecule has 0 aliphatic carbocycles. The minimum atomic E-state index is -0.454. The maximum atomic E-state index is 13.0. The molecule has 1 amide bonds. The maximum Gasteiger partial charge on any atom is 0.270 e. The van der Waals surface area contributed by atoms with E-state index in [4.69, 9.17) is 0 Å². The minimum Gasteiger partial charge on any atom is -0.371 e. The molecule has 30 heavy (non-hydrogen) atoms. The summed E-state index contributed by atoms with van der Waals surface area (Å²) < 4.78 is 0. The summed E-state index contributed by atoms with van der Waals surface area (Å²) in [4.78, 5) is 28.3. The largest absolute Gasteiger partial charge is 0.371 e. The first-order chi connectivity index (χ1) is 14.5. The molecule has 3 rings (SSSR count). The lowest BCUT2D eigenvalue weighted by atomic mass is 10.1. The third-order valence-corrected chi connectivity index (χ3v) is 5.73. The average molecular weight is 411 g/mol. The van der Waals surface area contributed by atoms with Gasteiger partial charge in [-0.15, -0.1) is 0 Å². The Bertz CT molecular complexity index is 890. The van der Waals surface area contributed by atoms with Gasteiger partial charge in [-0.3, -0.25) is 19.8 Å². The normalized spacial score (nSPS) is 13.6. The van der Waals surface area contributed by atoms with E-state index in [0.29, 0.717) is 12.1 Å². The van der Waals surface area contributed by atoms with Crippen LogP contribution < -0.4 is 10.2 Å². The lowest BCUT2D eigenvalue weighted by Crippen LogP contribution is -2.28. The van der Waals surface area contributed by atoms with E-state index in [1.807, 2.05) is 18.2 Å². The highest BCUT2D eigenvalue weighted by Crippen LogP contribution is 2.28. The molecule has 1 heterocycles. The molecule has 0 bridgehead atoms. The fourth-order valence-electron chi connectivity index (χ4n) is 3.90. The quantitative estimate of drug-likeness (QED) is 0.500. The molecule has 1 N–H and O–H groups in total. The highest BCUT2D eigenvalue weighted by atomic mass is 16.6. The van der Waals surface area contributed by atoms with Gasteiger partial charge in [-0.25, -0.2) is 0 Å². The van der Waals surface area contributed by atoms with Crippen LogP contribution in [0.5, 0.6) is 0 Å². The van der Waals surface area contributed by atoms with Gasteiger partial charge in [-0.05, 0) is 43.1 Å². The summed E-state index contributed by atoms with van der Waals surface area (Å²) in [7, 11) is 0. The SMILES string of the molecule is CCN(CC)Cc1ccccc1CNC(=O)c1cc([N+](=O)[O-])ccc1N1CCCC1. The smallest absolute Gasteiger partial charge is 0.270 e. The molecule has 0 saturated carbocycles. The van der Waals surface area contributed by atoms with E-state index in [1.165, 1.54) is 17.7 Å². The molecule has 7 nitrogen and oxygen atoms in total. The van der Waals surface area contributed by atoms with Crippen molar-refractivity contribution >= 4 is 17.3 Å². The van der Waals surface area contributed by atoms with Crippen molar-refractivity contribution in [3.05, 3.63) is 69.3 Å². The second-order valence-corrected chi connectivity index (χ2v) is 7.57. The molecule has 1 fully saturated rings. The lowest BCUT2D eigenvalue weighted by Gasteiger charge is -2.22. The number of anilines is 1. The van der Waals surface area contributed by atoms with Crippen LogP contribution >= 0.6 is 0 Å². The average Bonchev–Trinajstić information content (AvgIpc) is 3.30. The van der Waals surface area contributed by atoms with Crippen LogP contribution in [0.4, 0.5) is 11.4 Å². The Morgan fingerprint density at radius 2 is 1.77 bits per heavy atom. The van der Waals surface area contributed by atoms with Crippen molar-refractivity contribution in [3.8, 4) is 0 Å². The fourth-order valence-corrected chi connectivity index (χ4v) is 3.90. The molecular formula is C23H30N4O3. The van der Waals surface area contributed by atoms with Crippen molar-refractivity contribution in [1.82, 2.24) is 10.2 Å². The predicted octanol–water partition coefficient (Wildman–Crippen LogP) is 3.97. The van der Waals surface area contributed by atoms with Gasteiger partial charge in [0.15, 0.2) is 0 Å². The third kappa shape index (κ3) is 5.16. The molecule has 2 aromatic carbocycles. The first-order valence-corrected chi connectivity index (χ1v) is 10.6. The molecule has 0 spiro atoms. The number of amides is 1. The molecule has 1 saturated heterocycles. The number of nitrogens with one attached hydrogen (secondary N) is 1. The number of non-ortho nitro benzene ring substituents is 1. The van der Waals surface area contributed by atoms with Gasteiger partial charge in [0.1, 0.15) is 0 Å². The number of carbonyl (C=O) groups excluding carboxylic acids is 1.